The van der Waals surface area contributed by atoms with Crippen molar-refractivity contribution >= 4 is 23.2 Å². The van der Waals surface area contributed by atoms with E-state index in [4.69, 9.17) is 23.2 Å². The van der Waals surface area contributed by atoms with Crippen molar-refractivity contribution in [3.8, 4) is 0 Å². The first-order valence-electron chi connectivity index (χ1n) is 6.11. The maximum atomic E-state index is 6.31. The molecule has 96 valence electrons. The highest BCUT2D eigenvalue weighted by Crippen LogP contribution is 2.40. The fourth-order valence-corrected chi connectivity index (χ4v) is 2.38. The highest BCUT2D eigenvalue weighted by molar-refractivity contribution is 6.42. The summed E-state index contributed by atoms with van der Waals surface area (Å²) >= 11 is 12.4. The summed E-state index contributed by atoms with van der Waals surface area (Å²) < 4.78 is 0. The number of hydrogen-bond donors (Lipinski definition) is 1. The third-order valence-corrected chi connectivity index (χ3v) is 4.23. The molecule has 0 aliphatic carbocycles. The third kappa shape index (κ3) is 3.37. The smallest absolute Gasteiger partial charge is 0.0640 e. The lowest BCUT2D eigenvalue weighted by molar-refractivity contribution is 0.237. The Bertz CT molecular complexity index is 374. The van der Waals surface area contributed by atoms with Crippen molar-refractivity contribution in [3.05, 3.63) is 33.8 Å². The van der Waals surface area contributed by atoms with Crippen molar-refractivity contribution in [2.24, 2.45) is 5.41 Å². The van der Waals surface area contributed by atoms with Gasteiger partial charge in [-0.3, -0.25) is 0 Å². The van der Waals surface area contributed by atoms with E-state index >= 15 is 0 Å². The summed E-state index contributed by atoms with van der Waals surface area (Å²) in [5.41, 5.74) is 1.23. The molecule has 0 spiro atoms. The zero-order chi connectivity index (χ0) is 13.1. The molecule has 17 heavy (non-hydrogen) atoms. The monoisotopic (exact) mass is 273 g/mol. The van der Waals surface area contributed by atoms with Crippen LogP contribution in [-0.4, -0.2) is 6.54 Å². The van der Waals surface area contributed by atoms with Crippen LogP contribution in [0.3, 0.4) is 0 Å². The van der Waals surface area contributed by atoms with Gasteiger partial charge in [0.05, 0.1) is 10.0 Å². The van der Waals surface area contributed by atoms with E-state index in [9.17, 15) is 0 Å². The molecular formula is C14H21Cl2N. The molecule has 0 saturated carbocycles. The van der Waals surface area contributed by atoms with E-state index in [1.807, 2.05) is 12.1 Å². The normalized spacial score (nSPS) is 13.8. The minimum absolute atomic E-state index is 0.143. The zero-order valence-corrected chi connectivity index (χ0v) is 12.5. The third-order valence-electron chi connectivity index (χ3n) is 3.39. The van der Waals surface area contributed by atoms with E-state index in [1.165, 1.54) is 0 Å². The van der Waals surface area contributed by atoms with E-state index in [2.05, 4.69) is 39.1 Å². The standard InChI is InChI=1S/C14H21Cl2N/c1-5-14(3,4)13(17-6-2)10-8-7-9-11(15)12(10)16/h7-9,13,17H,5-6H2,1-4H3. The Balaban J connectivity index is 3.18. The lowest BCUT2D eigenvalue weighted by Crippen LogP contribution is -2.34. The topological polar surface area (TPSA) is 12.0 Å². The van der Waals surface area contributed by atoms with E-state index in [0.29, 0.717) is 10.0 Å². The summed E-state index contributed by atoms with van der Waals surface area (Å²) in [5, 5.41) is 4.81. The van der Waals surface area contributed by atoms with Gasteiger partial charge in [-0.25, -0.2) is 0 Å². The van der Waals surface area contributed by atoms with Crippen LogP contribution in [-0.2, 0) is 0 Å². The second-order valence-electron chi connectivity index (χ2n) is 4.98. The molecule has 1 aromatic carbocycles. The molecule has 3 heteroatoms. The summed E-state index contributed by atoms with van der Waals surface area (Å²) in [5.74, 6) is 0. The van der Waals surface area contributed by atoms with Gasteiger partial charge in [0.25, 0.3) is 0 Å². The van der Waals surface area contributed by atoms with Gasteiger partial charge in [0, 0.05) is 6.04 Å². The molecule has 0 bridgehead atoms. The predicted octanol–water partition coefficient (Wildman–Crippen LogP) is 5.08. The number of benzene rings is 1. The van der Waals surface area contributed by atoms with Gasteiger partial charge in [-0.05, 0) is 30.0 Å². The minimum atomic E-state index is 0.143. The first-order valence-corrected chi connectivity index (χ1v) is 6.87. The molecule has 0 amide bonds. The molecule has 0 heterocycles. The van der Waals surface area contributed by atoms with Crippen LogP contribution in [0.15, 0.2) is 18.2 Å². The first-order chi connectivity index (χ1) is 7.94. The molecule has 1 N–H and O–H groups in total. The molecule has 1 nitrogen and oxygen atoms in total. The van der Waals surface area contributed by atoms with Crippen LogP contribution in [0.25, 0.3) is 0 Å². The van der Waals surface area contributed by atoms with Crippen LogP contribution in [0.2, 0.25) is 10.0 Å². The quantitative estimate of drug-likeness (QED) is 0.789. The van der Waals surface area contributed by atoms with Gasteiger partial charge in [0.15, 0.2) is 0 Å². The van der Waals surface area contributed by atoms with Crippen LogP contribution < -0.4 is 5.32 Å². The molecule has 0 aliphatic heterocycles. The van der Waals surface area contributed by atoms with Crippen molar-refractivity contribution in [1.29, 1.82) is 0 Å². The molecule has 1 atom stereocenters. The molecule has 0 aliphatic rings. The molecule has 0 fully saturated rings. The summed E-state index contributed by atoms with van der Waals surface area (Å²) in [6.45, 7) is 9.71. The van der Waals surface area contributed by atoms with Crippen LogP contribution in [0.5, 0.6) is 0 Å². The van der Waals surface area contributed by atoms with Gasteiger partial charge >= 0.3 is 0 Å². The summed E-state index contributed by atoms with van der Waals surface area (Å²) in [7, 11) is 0. The first kappa shape index (κ1) is 14.8. The predicted molar refractivity (Wildman–Crippen MR) is 77.0 cm³/mol. The number of rotatable bonds is 5. The van der Waals surface area contributed by atoms with Crippen molar-refractivity contribution < 1.29 is 0 Å². The molecular weight excluding hydrogens is 253 g/mol. The average molecular weight is 274 g/mol. The number of nitrogens with one attached hydrogen (secondary N) is 1. The molecule has 0 radical (unpaired) electrons. The Morgan fingerprint density at radius 3 is 2.41 bits per heavy atom. The number of halogens is 2. The van der Waals surface area contributed by atoms with Gasteiger partial charge in [0.2, 0.25) is 0 Å². The second kappa shape index (κ2) is 6.08. The SMILES string of the molecule is CCNC(c1cccc(Cl)c1Cl)C(C)(C)CC. The van der Waals surface area contributed by atoms with Gasteiger partial charge < -0.3 is 5.32 Å². The van der Waals surface area contributed by atoms with Crippen LogP contribution in [0.1, 0.15) is 45.7 Å². The summed E-state index contributed by atoms with van der Waals surface area (Å²) in [6, 6.07) is 6.07. The Labute approximate surface area is 115 Å². The second-order valence-corrected chi connectivity index (χ2v) is 5.76. The van der Waals surface area contributed by atoms with Crippen molar-refractivity contribution in [2.45, 2.75) is 40.2 Å². The van der Waals surface area contributed by atoms with Crippen molar-refractivity contribution in [3.63, 3.8) is 0 Å². The van der Waals surface area contributed by atoms with Gasteiger partial charge in [-0.15, -0.1) is 0 Å². The van der Waals surface area contributed by atoms with Gasteiger partial charge in [0.1, 0.15) is 0 Å². The summed E-state index contributed by atoms with van der Waals surface area (Å²) in [6.07, 6.45) is 1.08. The fourth-order valence-electron chi connectivity index (χ4n) is 1.96. The lowest BCUT2D eigenvalue weighted by atomic mass is 9.78. The Morgan fingerprint density at radius 2 is 1.88 bits per heavy atom. The van der Waals surface area contributed by atoms with E-state index in [1.54, 1.807) is 0 Å². The van der Waals surface area contributed by atoms with E-state index in [-0.39, 0.29) is 11.5 Å². The zero-order valence-electron chi connectivity index (χ0n) is 11.0. The largest absolute Gasteiger partial charge is 0.310 e. The molecule has 1 aromatic rings. The summed E-state index contributed by atoms with van der Waals surface area (Å²) in [4.78, 5) is 0. The number of hydrogen-bond acceptors (Lipinski definition) is 1. The van der Waals surface area contributed by atoms with Crippen LogP contribution in [0.4, 0.5) is 0 Å². The molecule has 1 unspecified atom stereocenters. The van der Waals surface area contributed by atoms with Crippen molar-refractivity contribution in [2.75, 3.05) is 6.54 Å². The van der Waals surface area contributed by atoms with E-state index < -0.39 is 0 Å². The van der Waals surface area contributed by atoms with Gasteiger partial charge in [-0.2, -0.15) is 0 Å². The minimum Gasteiger partial charge on any atom is -0.310 e. The Morgan fingerprint density at radius 1 is 1.24 bits per heavy atom. The highest BCUT2D eigenvalue weighted by Gasteiger charge is 2.30. The lowest BCUT2D eigenvalue weighted by Gasteiger charge is -2.35. The molecule has 1 rings (SSSR count). The Hall–Kier alpha value is -0.240. The van der Waals surface area contributed by atoms with Crippen molar-refractivity contribution in [1.82, 2.24) is 5.32 Å². The van der Waals surface area contributed by atoms with E-state index in [0.717, 1.165) is 18.5 Å². The fraction of sp³-hybridized carbons (Fsp3) is 0.571. The average Bonchev–Trinajstić information content (AvgIpc) is 2.30. The highest BCUT2D eigenvalue weighted by atomic mass is 35.5. The maximum Gasteiger partial charge on any atom is 0.0640 e. The van der Waals surface area contributed by atoms with Crippen LogP contribution in [0, 0.1) is 5.41 Å². The Kier molecular flexibility index (Phi) is 5.30. The van der Waals surface area contributed by atoms with Gasteiger partial charge in [-0.1, -0.05) is 63.0 Å². The maximum absolute atomic E-state index is 6.31. The molecule has 0 saturated heterocycles. The molecule has 0 aromatic heterocycles. The van der Waals surface area contributed by atoms with Crippen LogP contribution >= 0.6 is 23.2 Å².